The van der Waals surface area contributed by atoms with E-state index in [2.05, 4.69) is 22.9 Å². The summed E-state index contributed by atoms with van der Waals surface area (Å²) in [6.45, 7) is 4.78. The summed E-state index contributed by atoms with van der Waals surface area (Å²) in [6, 6.07) is 4.00. The van der Waals surface area contributed by atoms with Gasteiger partial charge in [-0.2, -0.15) is 0 Å². The van der Waals surface area contributed by atoms with Crippen molar-refractivity contribution in [3.8, 4) is 0 Å². The molecular weight excluding hydrogens is 335 g/mol. The van der Waals surface area contributed by atoms with E-state index in [1.807, 2.05) is 0 Å². The van der Waals surface area contributed by atoms with E-state index in [0.717, 1.165) is 19.5 Å². The SMILES string of the molecule is CC1CNCCC1NC(=O)c1cc(N2CCNC2=O)ccc1F.Cl. The highest BCUT2D eigenvalue weighted by molar-refractivity contribution is 5.98. The second-order valence-electron chi connectivity index (χ2n) is 6.10. The molecule has 0 aromatic heterocycles. The van der Waals surface area contributed by atoms with Crippen LogP contribution in [0.1, 0.15) is 23.7 Å². The van der Waals surface area contributed by atoms with Gasteiger partial charge in [-0.05, 0) is 43.6 Å². The van der Waals surface area contributed by atoms with Crippen molar-refractivity contribution in [2.24, 2.45) is 5.92 Å². The maximum absolute atomic E-state index is 14.1. The van der Waals surface area contributed by atoms with Crippen LogP contribution in [0.2, 0.25) is 0 Å². The molecule has 24 heavy (non-hydrogen) atoms. The van der Waals surface area contributed by atoms with E-state index in [1.54, 1.807) is 0 Å². The van der Waals surface area contributed by atoms with Crippen LogP contribution in [0.4, 0.5) is 14.9 Å². The fourth-order valence-corrected chi connectivity index (χ4v) is 3.05. The molecule has 2 unspecified atom stereocenters. The Kier molecular flexibility index (Phi) is 6.01. The summed E-state index contributed by atoms with van der Waals surface area (Å²) < 4.78 is 14.1. The summed E-state index contributed by atoms with van der Waals surface area (Å²) in [4.78, 5) is 25.7. The van der Waals surface area contributed by atoms with Crippen LogP contribution in [0.3, 0.4) is 0 Å². The minimum atomic E-state index is -0.576. The molecule has 0 bridgehead atoms. The van der Waals surface area contributed by atoms with Crippen LogP contribution in [-0.4, -0.2) is 44.2 Å². The second kappa shape index (κ2) is 7.81. The lowest BCUT2D eigenvalue weighted by molar-refractivity contribution is 0.0910. The van der Waals surface area contributed by atoms with Gasteiger partial charge in [-0.25, -0.2) is 9.18 Å². The van der Waals surface area contributed by atoms with Crippen LogP contribution in [-0.2, 0) is 0 Å². The number of anilines is 1. The molecule has 2 aliphatic rings. The zero-order chi connectivity index (χ0) is 16.4. The average molecular weight is 357 g/mol. The van der Waals surface area contributed by atoms with E-state index >= 15 is 0 Å². The molecule has 3 N–H and O–H groups in total. The van der Waals surface area contributed by atoms with E-state index < -0.39 is 11.7 Å². The van der Waals surface area contributed by atoms with E-state index in [9.17, 15) is 14.0 Å². The standard InChI is InChI=1S/C16H21FN4O2.ClH/c1-10-9-18-5-4-14(10)20-15(22)12-8-11(2-3-13(12)17)21-7-6-19-16(21)23;/h2-3,8,10,14,18H,4-7,9H2,1H3,(H,19,23)(H,20,22);1H. The number of nitrogens with zero attached hydrogens (tertiary/aromatic N) is 1. The van der Waals surface area contributed by atoms with Crippen molar-refractivity contribution in [3.05, 3.63) is 29.6 Å². The van der Waals surface area contributed by atoms with Gasteiger partial charge in [0, 0.05) is 24.8 Å². The molecule has 0 spiro atoms. The first-order chi connectivity index (χ1) is 11.1. The lowest BCUT2D eigenvalue weighted by Crippen LogP contribution is -2.48. The fourth-order valence-electron chi connectivity index (χ4n) is 3.05. The van der Waals surface area contributed by atoms with Gasteiger partial charge in [-0.1, -0.05) is 6.92 Å². The number of nitrogens with one attached hydrogen (secondary N) is 3. The molecule has 132 valence electrons. The van der Waals surface area contributed by atoms with Gasteiger partial charge in [0.2, 0.25) is 0 Å². The van der Waals surface area contributed by atoms with Crippen LogP contribution in [0.5, 0.6) is 0 Å². The number of hydrogen-bond acceptors (Lipinski definition) is 3. The Labute approximate surface area is 146 Å². The highest BCUT2D eigenvalue weighted by Crippen LogP contribution is 2.21. The van der Waals surface area contributed by atoms with Crippen LogP contribution in [0, 0.1) is 11.7 Å². The van der Waals surface area contributed by atoms with E-state index in [-0.39, 0.29) is 30.0 Å². The molecule has 1 aromatic carbocycles. The van der Waals surface area contributed by atoms with E-state index in [0.29, 0.717) is 24.7 Å². The number of amides is 3. The van der Waals surface area contributed by atoms with Gasteiger partial charge in [0.15, 0.2) is 0 Å². The fraction of sp³-hybridized carbons (Fsp3) is 0.500. The van der Waals surface area contributed by atoms with Crippen molar-refractivity contribution in [2.45, 2.75) is 19.4 Å². The predicted octanol–water partition coefficient (Wildman–Crippen LogP) is 1.50. The van der Waals surface area contributed by atoms with Crippen molar-refractivity contribution in [1.29, 1.82) is 0 Å². The van der Waals surface area contributed by atoms with Crippen molar-refractivity contribution in [2.75, 3.05) is 31.1 Å². The Bertz CT molecular complexity index is 628. The number of rotatable bonds is 3. The third-order valence-electron chi connectivity index (χ3n) is 4.46. The maximum Gasteiger partial charge on any atom is 0.321 e. The minimum Gasteiger partial charge on any atom is -0.349 e. The largest absolute Gasteiger partial charge is 0.349 e. The van der Waals surface area contributed by atoms with Gasteiger partial charge < -0.3 is 16.0 Å². The van der Waals surface area contributed by atoms with Crippen LogP contribution in [0.15, 0.2) is 18.2 Å². The smallest absolute Gasteiger partial charge is 0.321 e. The molecule has 0 radical (unpaired) electrons. The summed E-state index contributed by atoms with van der Waals surface area (Å²) in [5, 5.41) is 8.87. The maximum atomic E-state index is 14.1. The van der Waals surface area contributed by atoms with E-state index in [1.165, 1.54) is 23.1 Å². The lowest BCUT2D eigenvalue weighted by atomic mass is 9.95. The first-order valence-corrected chi connectivity index (χ1v) is 7.93. The Morgan fingerprint density at radius 3 is 2.83 bits per heavy atom. The molecule has 3 rings (SSSR count). The molecule has 3 amide bonds. The van der Waals surface area contributed by atoms with Crippen molar-refractivity contribution < 1.29 is 14.0 Å². The summed E-state index contributed by atoms with van der Waals surface area (Å²) in [5.41, 5.74) is 0.512. The topological polar surface area (TPSA) is 73.5 Å². The number of hydrogen-bond donors (Lipinski definition) is 3. The first-order valence-electron chi connectivity index (χ1n) is 7.93. The van der Waals surface area contributed by atoms with Gasteiger partial charge in [-0.15, -0.1) is 12.4 Å². The molecule has 2 fully saturated rings. The Hall–Kier alpha value is -1.86. The third-order valence-corrected chi connectivity index (χ3v) is 4.46. The highest BCUT2D eigenvalue weighted by atomic mass is 35.5. The molecule has 2 atom stereocenters. The predicted molar refractivity (Wildman–Crippen MR) is 92.3 cm³/mol. The Morgan fingerprint density at radius 1 is 1.38 bits per heavy atom. The first kappa shape index (κ1) is 18.5. The molecular formula is C16H22ClFN4O2. The van der Waals surface area contributed by atoms with Crippen molar-refractivity contribution >= 4 is 30.0 Å². The Balaban J connectivity index is 0.00000208. The second-order valence-corrected chi connectivity index (χ2v) is 6.10. The number of carbonyl (C=O) groups is 2. The highest BCUT2D eigenvalue weighted by Gasteiger charge is 2.26. The van der Waals surface area contributed by atoms with E-state index in [4.69, 9.17) is 0 Å². The third kappa shape index (κ3) is 3.79. The normalized spacial score (nSPS) is 23.4. The summed E-state index contributed by atoms with van der Waals surface area (Å²) in [7, 11) is 0. The van der Waals surface area contributed by atoms with Gasteiger partial charge >= 0.3 is 6.03 Å². The summed E-state index contributed by atoms with van der Waals surface area (Å²) >= 11 is 0. The molecule has 2 aliphatic heterocycles. The molecule has 2 saturated heterocycles. The average Bonchev–Trinajstić information content (AvgIpc) is 2.96. The molecule has 1 aromatic rings. The number of benzene rings is 1. The van der Waals surface area contributed by atoms with Gasteiger partial charge in [0.05, 0.1) is 5.56 Å². The van der Waals surface area contributed by atoms with Crippen LogP contribution in [0.25, 0.3) is 0 Å². The Morgan fingerprint density at radius 2 is 2.17 bits per heavy atom. The molecule has 0 saturated carbocycles. The molecule has 0 aliphatic carbocycles. The lowest BCUT2D eigenvalue weighted by Gasteiger charge is -2.30. The van der Waals surface area contributed by atoms with Gasteiger partial charge in [-0.3, -0.25) is 9.69 Å². The number of piperidine rings is 1. The van der Waals surface area contributed by atoms with Crippen molar-refractivity contribution in [3.63, 3.8) is 0 Å². The molecule has 6 nitrogen and oxygen atoms in total. The molecule has 2 heterocycles. The number of carbonyl (C=O) groups excluding carboxylic acids is 2. The van der Waals surface area contributed by atoms with Gasteiger partial charge in [0.1, 0.15) is 5.82 Å². The zero-order valence-electron chi connectivity index (χ0n) is 13.5. The zero-order valence-corrected chi connectivity index (χ0v) is 14.3. The monoisotopic (exact) mass is 356 g/mol. The number of halogens is 2. The van der Waals surface area contributed by atoms with Gasteiger partial charge in [0.25, 0.3) is 5.91 Å². The minimum absolute atomic E-state index is 0. The molecule has 8 heteroatoms. The quantitative estimate of drug-likeness (QED) is 0.768. The number of urea groups is 1. The van der Waals surface area contributed by atoms with Crippen molar-refractivity contribution in [1.82, 2.24) is 16.0 Å². The van der Waals surface area contributed by atoms with Crippen LogP contribution < -0.4 is 20.9 Å². The summed E-state index contributed by atoms with van der Waals surface area (Å²) in [5.74, 6) is -0.710. The van der Waals surface area contributed by atoms with Crippen LogP contribution >= 0.6 is 12.4 Å². The summed E-state index contributed by atoms with van der Waals surface area (Å²) in [6.07, 6.45) is 0.822.